The van der Waals surface area contributed by atoms with Crippen LogP contribution in [-0.4, -0.2) is 18.3 Å². The summed E-state index contributed by atoms with van der Waals surface area (Å²) >= 11 is 0. The summed E-state index contributed by atoms with van der Waals surface area (Å²) in [6.07, 6.45) is 3.98. The van der Waals surface area contributed by atoms with E-state index in [1.165, 1.54) is 0 Å². The lowest BCUT2D eigenvalue weighted by atomic mass is 10.1. The average molecular weight is 262 g/mol. The van der Waals surface area contributed by atoms with Crippen LogP contribution in [0.3, 0.4) is 0 Å². The number of hydrogen-bond donors (Lipinski definition) is 1. The summed E-state index contributed by atoms with van der Waals surface area (Å²) in [5.74, 6) is 1.40. The second-order valence-electron chi connectivity index (χ2n) is 4.49. The van der Waals surface area contributed by atoms with Crippen molar-refractivity contribution < 1.29 is 14.0 Å². The first kappa shape index (κ1) is 13.4. The minimum atomic E-state index is 0.110. The van der Waals surface area contributed by atoms with Gasteiger partial charge in [0.25, 0.3) is 0 Å². The van der Waals surface area contributed by atoms with Crippen molar-refractivity contribution in [1.29, 1.82) is 0 Å². The van der Waals surface area contributed by atoms with Crippen molar-refractivity contribution in [2.24, 2.45) is 5.73 Å². The zero-order valence-electron chi connectivity index (χ0n) is 11.1. The molecule has 1 aromatic carbocycles. The van der Waals surface area contributed by atoms with Gasteiger partial charge >= 0.3 is 0 Å². The predicted molar refractivity (Wildman–Crippen MR) is 71.2 cm³/mol. The molecule has 1 unspecified atom stereocenters. The van der Waals surface area contributed by atoms with Crippen LogP contribution in [-0.2, 0) is 13.0 Å². The maximum absolute atomic E-state index is 5.80. The van der Waals surface area contributed by atoms with Gasteiger partial charge in [-0.3, -0.25) is 0 Å². The van der Waals surface area contributed by atoms with Crippen LogP contribution < -0.4 is 15.2 Å². The fourth-order valence-electron chi connectivity index (χ4n) is 1.79. The second kappa shape index (κ2) is 6.24. The number of nitrogens with two attached hydrogens (primary N) is 1. The minimum Gasteiger partial charge on any atom is -0.493 e. The molecule has 5 heteroatoms. The lowest BCUT2D eigenvalue weighted by molar-refractivity contribution is 0.283. The standard InChI is InChI=1S/C14H18N2O3/c1-10(15)5-11-3-4-13(17-2)14(6-11)18-8-12-7-16-19-9-12/h3-4,6-7,9-10H,5,8,15H2,1-2H3. The van der Waals surface area contributed by atoms with Crippen molar-refractivity contribution in [2.75, 3.05) is 7.11 Å². The molecule has 1 heterocycles. The highest BCUT2D eigenvalue weighted by molar-refractivity contribution is 5.43. The van der Waals surface area contributed by atoms with Gasteiger partial charge in [0, 0.05) is 11.6 Å². The van der Waals surface area contributed by atoms with E-state index in [1.54, 1.807) is 19.6 Å². The third-order valence-corrected chi connectivity index (χ3v) is 2.66. The molecule has 1 aromatic heterocycles. The van der Waals surface area contributed by atoms with Crippen molar-refractivity contribution in [3.63, 3.8) is 0 Å². The quantitative estimate of drug-likeness (QED) is 0.863. The summed E-state index contributed by atoms with van der Waals surface area (Å²) < 4.78 is 15.8. The van der Waals surface area contributed by atoms with E-state index in [-0.39, 0.29) is 6.04 Å². The smallest absolute Gasteiger partial charge is 0.161 e. The molecule has 0 aliphatic rings. The molecule has 0 saturated carbocycles. The Morgan fingerprint density at radius 1 is 1.32 bits per heavy atom. The van der Waals surface area contributed by atoms with Crippen LogP contribution in [0.25, 0.3) is 0 Å². The first-order chi connectivity index (χ1) is 9.19. The Bertz CT molecular complexity index is 509. The van der Waals surface area contributed by atoms with Crippen LogP contribution >= 0.6 is 0 Å². The number of rotatable bonds is 6. The summed E-state index contributed by atoms with van der Waals surface area (Å²) in [6.45, 7) is 2.36. The number of nitrogens with zero attached hydrogens (tertiary/aromatic N) is 1. The van der Waals surface area contributed by atoms with E-state index in [0.717, 1.165) is 17.5 Å². The highest BCUT2D eigenvalue weighted by Gasteiger charge is 2.08. The molecule has 2 aromatic rings. The Balaban J connectivity index is 2.11. The maximum atomic E-state index is 5.80. The fraction of sp³-hybridized carbons (Fsp3) is 0.357. The number of ether oxygens (including phenoxy) is 2. The third-order valence-electron chi connectivity index (χ3n) is 2.66. The summed E-state index contributed by atoms with van der Waals surface area (Å²) in [5.41, 5.74) is 7.80. The van der Waals surface area contributed by atoms with E-state index in [4.69, 9.17) is 19.7 Å². The lowest BCUT2D eigenvalue weighted by Crippen LogP contribution is -2.17. The van der Waals surface area contributed by atoms with Gasteiger partial charge in [0.15, 0.2) is 11.5 Å². The summed E-state index contributed by atoms with van der Waals surface area (Å²) in [6, 6.07) is 5.95. The SMILES string of the molecule is COc1ccc(CC(C)N)cc1OCc1cnoc1. The van der Waals surface area contributed by atoms with Gasteiger partial charge < -0.3 is 19.7 Å². The third kappa shape index (κ3) is 3.72. The molecule has 0 fully saturated rings. The normalized spacial score (nSPS) is 12.2. The van der Waals surface area contributed by atoms with Gasteiger partial charge in [-0.25, -0.2) is 0 Å². The van der Waals surface area contributed by atoms with E-state index in [2.05, 4.69) is 5.16 Å². The van der Waals surface area contributed by atoms with Gasteiger partial charge in [-0.2, -0.15) is 0 Å². The van der Waals surface area contributed by atoms with Crippen LogP contribution in [0, 0.1) is 0 Å². The Morgan fingerprint density at radius 2 is 2.16 bits per heavy atom. The zero-order chi connectivity index (χ0) is 13.7. The van der Waals surface area contributed by atoms with Crippen LogP contribution in [0.2, 0.25) is 0 Å². The number of methoxy groups -OCH3 is 1. The number of benzene rings is 1. The Morgan fingerprint density at radius 3 is 2.79 bits per heavy atom. The van der Waals surface area contributed by atoms with Crippen molar-refractivity contribution >= 4 is 0 Å². The van der Waals surface area contributed by atoms with Crippen LogP contribution in [0.15, 0.2) is 35.2 Å². The monoisotopic (exact) mass is 262 g/mol. The van der Waals surface area contributed by atoms with Gasteiger partial charge in [-0.1, -0.05) is 11.2 Å². The largest absolute Gasteiger partial charge is 0.493 e. The van der Waals surface area contributed by atoms with E-state index in [9.17, 15) is 0 Å². The first-order valence-corrected chi connectivity index (χ1v) is 6.12. The molecule has 19 heavy (non-hydrogen) atoms. The molecule has 0 aliphatic carbocycles. The van der Waals surface area contributed by atoms with Crippen LogP contribution in [0.1, 0.15) is 18.1 Å². The van der Waals surface area contributed by atoms with Crippen LogP contribution in [0.4, 0.5) is 0 Å². The molecule has 0 bridgehead atoms. The maximum Gasteiger partial charge on any atom is 0.161 e. The van der Waals surface area contributed by atoms with Crippen molar-refractivity contribution in [2.45, 2.75) is 26.0 Å². The Labute approximate surface area is 112 Å². The molecule has 0 saturated heterocycles. The molecule has 5 nitrogen and oxygen atoms in total. The predicted octanol–water partition coefficient (Wildman–Crippen LogP) is 2.15. The van der Waals surface area contributed by atoms with E-state index in [1.807, 2.05) is 25.1 Å². The molecular formula is C14H18N2O3. The Kier molecular flexibility index (Phi) is 4.41. The molecule has 2 rings (SSSR count). The molecule has 1 atom stereocenters. The van der Waals surface area contributed by atoms with Gasteiger partial charge in [-0.05, 0) is 31.0 Å². The van der Waals surface area contributed by atoms with E-state index >= 15 is 0 Å². The summed E-state index contributed by atoms with van der Waals surface area (Å²) in [5, 5.41) is 3.63. The van der Waals surface area contributed by atoms with Crippen LogP contribution in [0.5, 0.6) is 11.5 Å². The van der Waals surface area contributed by atoms with E-state index in [0.29, 0.717) is 18.1 Å². The first-order valence-electron chi connectivity index (χ1n) is 6.12. The molecular weight excluding hydrogens is 244 g/mol. The summed E-state index contributed by atoms with van der Waals surface area (Å²) in [4.78, 5) is 0. The van der Waals surface area contributed by atoms with Crippen molar-refractivity contribution in [1.82, 2.24) is 5.16 Å². The molecule has 0 amide bonds. The highest BCUT2D eigenvalue weighted by Crippen LogP contribution is 2.29. The average Bonchev–Trinajstić information content (AvgIpc) is 2.89. The van der Waals surface area contributed by atoms with Gasteiger partial charge in [0.1, 0.15) is 12.9 Å². The minimum absolute atomic E-state index is 0.110. The van der Waals surface area contributed by atoms with Gasteiger partial charge in [0.2, 0.25) is 0 Å². The Hall–Kier alpha value is -2.01. The molecule has 2 N–H and O–H groups in total. The molecule has 0 radical (unpaired) electrons. The molecule has 0 spiro atoms. The second-order valence-corrected chi connectivity index (χ2v) is 4.49. The topological polar surface area (TPSA) is 70.5 Å². The fourth-order valence-corrected chi connectivity index (χ4v) is 1.79. The summed E-state index contributed by atoms with van der Waals surface area (Å²) in [7, 11) is 1.62. The number of hydrogen-bond acceptors (Lipinski definition) is 5. The van der Waals surface area contributed by atoms with E-state index < -0.39 is 0 Å². The number of aromatic nitrogens is 1. The van der Waals surface area contributed by atoms with Crippen molar-refractivity contribution in [3.05, 3.63) is 41.8 Å². The van der Waals surface area contributed by atoms with Crippen molar-refractivity contribution in [3.8, 4) is 11.5 Å². The van der Waals surface area contributed by atoms with Gasteiger partial charge in [0.05, 0.1) is 13.3 Å². The molecule has 102 valence electrons. The van der Waals surface area contributed by atoms with Gasteiger partial charge in [-0.15, -0.1) is 0 Å². The molecule has 0 aliphatic heterocycles. The zero-order valence-corrected chi connectivity index (χ0v) is 11.1. The highest BCUT2D eigenvalue weighted by atomic mass is 16.5. The lowest BCUT2D eigenvalue weighted by Gasteiger charge is -2.12.